The van der Waals surface area contributed by atoms with E-state index >= 15 is 0 Å². The normalized spacial score (nSPS) is 19.1. The van der Waals surface area contributed by atoms with Crippen molar-refractivity contribution in [1.82, 2.24) is 10.2 Å². The molecule has 27 heavy (non-hydrogen) atoms. The van der Waals surface area contributed by atoms with Crippen LogP contribution in [0.15, 0.2) is 35.3 Å². The second-order valence-electron chi connectivity index (χ2n) is 7.26. The summed E-state index contributed by atoms with van der Waals surface area (Å²) in [7, 11) is 0. The van der Waals surface area contributed by atoms with Crippen molar-refractivity contribution in [2.45, 2.75) is 44.6 Å². The number of aliphatic hydroxyl groups excluding tert-OH is 1. The molecule has 2 N–H and O–H groups in total. The summed E-state index contributed by atoms with van der Waals surface area (Å²) in [4.78, 5) is 6.94. The molecule has 0 amide bonds. The number of nitrogens with zero attached hydrogens (tertiary/aromatic N) is 2. The third-order valence-corrected chi connectivity index (χ3v) is 5.62. The van der Waals surface area contributed by atoms with Crippen LogP contribution in [0.25, 0.3) is 0 Å². The van der Waals surface area contributed by atoms with Crippen molar-refractivity contribution in [3.63, 3.8) is 0 Å². The third kappa shape index (κ3) is 8.58. The first kappa shape index (κ1) is 24.5. The predicted molar refractivity (Wildman–Crippen MR) is 126 cm³/mol. The number of rotatable bonds is 7. The fourth-order valence-electron chi connectivity index (χ4n) is 2.94. The zero-order chi connectivity index (χ0) is 19.0. The number of nitrogens with one attached hydrogen (secondary N) is 1. The number of ether oxygens (including phenoxy) is 1. The molecule has 1 fully saturated rings. The van der Waals surface area contributed by atoms with Crippen LogP contribution in [0.5, 0.6) is 0 Å². The first-order valence-corrected chi connectivity index (χ1v) is 10.4. The summed E-state index contributed by atoms with van der Waals surface area (Å²) in [5.41, 5.74) is 1.12. The maximum atomic E-state index is 10.3. The van der Waals surface area contributed by atoms with Gasteiger partial charge in [-0.25, -0.2) is 0 Å². The Bertz CT molecular complexity index is 572. The van der Waals surface area contributed by atoms with Gasteiger partial charge in [0.2, 0.25) is 0 Å². The maximum absolute atomic E-state index is 10.3. The molecule has 0 aliphatic carbocycles. The number of guanidine groups is 1. The number of thioether (sulfide) groups is 1. The van der Waals surface area contributed by atoms with Gasteiger partial charge in [0.05, 0.1) is 25.4 Å². The van der Waals surface area contributed by atoms with Crippen molar-refractivity contribution < 1.29 is 9.84 Å². The molecule has 0 spiro atoms. The minimum atomic E-state index is -0.609. The topological polar surface area (TPSA) is 57.1 Å². The van der Waals surface area contributed by atoms with Gasteiger partial charge in [-0.1, -0.05) is 30.3 Å². The number of aliphatic imine (C=N–C) groups is 1. The fourth-order valence-corrected chi connectivity index (χ4v) is 4.05. The number of halogens is 1. The van der Waals surface area contributed by atoms with Crippen LogP contribution in [0.4, 0.5) is 0 Å². The lowest BCUT2D eigenvalue weighted by Gasteiger charge is -2.39. The molecule has 1 aliphatic heterocycles. The highest BCUT2D eigenvalue weighted by Crippen LogP contribution is 2.29. The summed E-state index contributed by atoms with van der Waals surface area (Å²) in [5, 5.41) is 13.6. The summed E-state index contributed by atoms with van der Waals surface area (Å²) in [6, 6.07) is 10.1. The summed E-state index contributed by atoms with van der Waals surface area (Å²) in [6.07, 6.45) is -0.648. The standard InChI is InChI=1S/C20H33N3O2S.HI/c1-5-21-19(23-11-12-26-20(3,4)15-23)22-13-18(24)14-25-16(2)17-9-7-6-8-10-17;/h6-10,16,18,24H,5,11-15H2,1-4H3,(H,21,22);1H. The summed E-state index contributed by atoms with van der Waals surface area (Å²) >= 11 is 2.00. The van der Waals surface area contributed by atoms with E-state index < -0.39 is 6.10 Å². The van der Waals surface area contributed by atoms with E-state index in [4.69, 9.17) is 4.74 Å². The van der Waals surface area contributed by atoms with E-state index in [2.05, 4.69) is 36.0 Å². The lowest BCUT2D eigenvalue weighted by Crippen LogP contribution is -2.51. The van der Waals surface area contributed by atoms with Gasteiger partial charge >= 0.3 is 0 Å². The zero-order valence-electron chi connectivity index (χ0n) is 16.9. The van der Waals surface area contributed by atoms with Crippen LogP contribution in [-0.4, -0.2) is 65.4 Å². The van der Waals surface area contributed by atoms with Crippen LogP contribution >= 0.6 is 35.7 Å². The summed E-state index contributed by atoms with van der Waals surface area (Å²) < 4.78 is 6.03. The minimum Gasteiger partial charge on any atom is -0.389 e. The van der Waals surface area contributed by atoms with Gasteiger partial charge in [-0.15, -0.1) is 24.0 Å². The van der Waals surface area contributed by atoms with E-state index in [0.717, 1.165) is 36.9 Å². The quantitative estimate of drug-likeness (QED) is 0.336. The molecule has 0 saturated carbocycles. The van der Waals surface area contributed by atoms with E-state index in [1.807, 2.05) is 49.0 Å². The van der Waals surface area contributed by atoms with Gasteiger partial charge < -0.3 is 20.1 Å². The largest absolute Gasteiger partial charge is 0.389 e. The maximum Gasteiger partial charge on any atom is 0.194 e. The molecule has 1 aromatic carbocycles. The average Bonchev–Trinajstić information content (AvgIpc) is 2.63. The molecule has 2 atom stereocenters. The molecular formula is C20H34IN3O2S. The Hall–Kier alpha value is -0.510. The van der Waals surface area contributed by atoms with Gasteiger partial charge in [-0.2, -0.15) is 11.8 Å². The molecule has 2 unspecified atom stereocenters. The lowest BCUT2D eigenvalue weighted by molar-refractivity contribution is 0.00105. The fraction of sp³-hybridized carbons (Fsp3) is 0.650. The molecule has 1 heterocycles. The second kappa shape index (κ2) is 12.1. The van der Waals surface area contributed by atoms with E-state index in [1.165, 1.54) is 0 Å². The lowest BCUT2D eigenvalue weighted by atomic mass is 10.1. The van der Waals surface area contributed by atoms with E-state index in [-0.39, 0.29) is 41.4 Å². The highest BCUT2D eigenvalue weighted by atomic mass is 127. The molecule has 154 valence electrons. The number of hydrogen-bond acceptors (Lipinski definition) is 4. The van der Waals surface area contributed by atoms with Crippen LogP contribution in [0, 0.1) is 0 Å². The Morgan fingerprint density at radius 3 is 2.70 bits per heavy atom. The number of hydrogen-bond donors (Lipinski definition) is 2. The number of benzene rings is 1. The van der Waals surface area contributed by atoms with E-state index in [1.54, 1.807) is 0 Å². The Morgan fingerprint density at radius 1 is 1.37 bits per heavy atom. The van der Waals surface area contributed by atoms with Crippen LogP contribution in [0.3, 0.4) is 0 Å². The molecular weight excluding hydrogens is 473 g/mol. The number of aliphatic hydroxyl groups is 1. The van der Waals surface area contributed by atoms with Crippen molar-refractivity contribution in [1.29, 1.82) is 0 Å². The van der Waals surface area contributed by atoms with Crippen molar-refractivity contribution in [2.24, 2.45) is 4.99 Å². The monoisotopic (exact) mass is 507 g/mol. The molecule has 0 bridgehead atoms. The van der Waals surface area contributed by atoms with Crippen LogP contribution in [0.2, 0.25) is 0 Å². The van der Waals surface area contributed by atoms with Gasteiger partial charge in [0.25, 0.3) is 0 Å². The van der Waals surface area contributed by atoms with E-state index in [9.17, 15) is 5.11 Å². The first-order chi connectivity index (χ1) is 12.4. The third-order valence-electron chi connectivity index (χ3n) is 4.32. The zero-order valence-corrected chi connectivity index (χ0v) is 20.0. The summed E-state index contributed by atoms with van der Waals surface area (Å²) in [6.45, 7) is 12.0. The highest BCUT2D eigenvalue weighted by molar-refractivity contribution is 14.0. The first-order valence-electron chi connectivity index (χ1n) is 9.43. The van der Waals surface area contributed by atoms with Crippen molar-refractivity contribution in [3.05, 3.63) is 35.9 Å². The predicted octanol–water partition coefficient (Wildman–Crippen LogP) is 3.54. The Morgan fingerprint density at radius 2 is 2.07 bits per heavy atom. The van der Waals surface area contributed by atoms with Gasteiger partial charge in [-0.3, -0.25) is 4.99 Å². The van der Waals surface area contributed by atoms with Crippen molar-refractivity contribution in [2.75, 3.05) is 38.5 Å². The van der Waals surface area contributed by atoms with Crippen LogP contribution in [-0.2, 0) is 4.74 Å². The molecule has 0 radical (unpaired) electrons. The van der Waals surface area contributed by atoms with Gasteiger partial charge in [0, 0.05) is 30.1 Å². The molecule has 7 heteroatoms. The molecule has 0 aromatic heterocycles. The smallest absolute Gasteiger partial charge is 0.194 e. The van der Waals surface area contributed by atoms with E-state index in [0.29, 0.717) is 6.54 Å². The Balaban J connectivity index is 0.00000364. The summed E-state index contributed by atoms with van der Waals surface area (Å²) in [5.74, 6) is 1.98. The Kier molecular flexibility index (Phi) is 11.0. The molecule has 1 aliphatic rings. The van der Waals surface area contributed by atoms with Gasteiger partial charge in [0.1, 0.15) is 0 Å². The molecule has 1 saturated heterocycles. The van der Waals surface area contributed by atoms with Crippen molar-refractivity contribution >= 4 is 41.7 Å². The van der Waals surface area contributed by atoms with Crippen LogP contribution in [0.1, 0.15) is 39.4 Å². The molecule has 1 aromatic rings. The SMILES string of the molecule is CCNC(=NCC(O)COC(C)c1ccccc1)N1CCSC(C)(C)C1.I. The average molecular weight is 507 g/mol. The Labute approximate surface area is 185 Å². The molecule has 5 nitrogen and oxygen atoms in total. The van der Waals surface area contributed by atoms with Gasteiger partial charge in [0.15, 0.2) is 5.96 Å². The highest BCUT2D eigenvalue weighted by Gasteiger charge is 2.28. The minimum absolute atomic E-state index is 0. The van der Waals surface area contributed by atoms with Crippen LogP contribution < -0.4 is 5.32 Å². The van der Waals surface area contributed by atoms with Gasteiger partial charge in [-0.05, 0) is 33.3 Å². The second-order valence-corrected chi connectivity index (χ2v) is 9.07. The van der Waals surface area contributed by atoms with Crippen molar-refractivity contribution in [3.8, 4) is 0 Å². The molecule has 2 rings (SSSR count).